The number of aromatic amines is 1. The largest absolute Gasteiger partial charge is 0.361 e. The van der Waals surface area contributed by atoms with E-state index < -0.39 is 0 Å². The summed E-state index contributed by atoms with van der Waals surface area (Å²) in [6.07, 6.45) is 1.94. The highest BCUT2D eigenvalue weighted by Crippen LogP contribution is 2.21. The van der Waals surface area contributed by atoms with Gasteiger partial charge in [0.15, 0.2) is 0 Å². The minimum atomic E-state index is 0.579. The molecule has 0 aliphatic heterocycles. The molecule has 12 heavy (non-hydrogen) atoms. The summed E-state index contributed by atoms with van der Waals surface area (Å²) in [6, 6.07) is 6.32. The minimum absolute atomic E-state index is 0.579. The number of alkyl halides is 1. The topological polar surface area (TPSA) is 15.8 Å². The Hall–Kier alpha value is -0.950. The molecule has 1 heterocycles. The third-order valence-electron chi connectivity index (χ3n) is 2.04. The van der Waals surface area contributed by atoms with Gasteiger partial charge in [-0.1, -0.05) is 6.07 Å². The first-order chi connectivity index (χ1) is 5.81. The van der Waals surface area contributed by atoms with Crippen molar-refractivity contribution in [2.75, 3.05) is 0 Å². The maximum Gasteiger partial charge on any atom is 0.0480 e. The van der Waals surface area contributed by atoms with Crippen LogP contribution in [0.4, 0.5) is 0 Å². The highest BCUT2D eigenvalue weighted by Gasteiger charge is 2.01. The van der Waals surface area contributed by atoms with Crippen molar-refractivity contribution in [3.05, 3.63) is 35.5 Å². The zero-order valence-electron chi connectivity index (χ0n) is 6.89. The molecule has 0 saturated heterocycles. The Bertz CT molecular complexity index is 403. The van der Waals surface area contributed by atoms with E-state index >= 15 is 0 Å². The molecule has 0 amide bonds. The molecule has 62 valence electrons. The lowest BCUT2D eigenvalue weighted by Gasteiger charge is -2.00. The van der Waals surface area contributed by atoms with E-state index in [2.05, 4.69) is 30.1 Å². The van der Waals surface area contributed by atoms with Crippen LogP contribution in [0.25, 0.3) is 10.9 Å². The molecule has 2 rings (SSSR count). The molecule has 1 aromatic carbocycles. The van der Waals surface area contributed by atoms with Crippen molar-refractivity contribution >= 4 is 22.5 Å². The van der Waals surface area contributed by atoms with Gasteiger partial charge in [0.2, 0.25) is 0 Å². The Balaban J connectivity index is 2.80. The maximum atomic E-state index is 5.82. The van der Waals surface area contributed by atoms with Gasteiger partial charge in [0, 0.05) is 23.0 Å². The molecule has 2 heteroatoms. The second-order valence-electron chi connectivity index (χ2n) is 3.00. The first-order valence-corrected chi connectivity index (χ1v) is 4.47. The molecule has 1 N–H and O–H groups in total. The van der Waals surface area contributed by atoms with Gasteiger partial charge in [0.25, 0.3) is 0 Å². The molecule has 0 saturated carbocycles. The van der Waals surface area contributed by atoms with Crippen LogP contribution in [-0.2, 0) is 5.88 Å². The van der Waals surface area contributed by atoms with Crippen molar-refractivity contribution in [3.63, 3.8) is 0 Å². The number of aromatic nitrogens is 1. The molecule has 0 spiro atoms. The summed E-state index contributed by atoms with van der Waals surface area (Å²) in [4.78, 5) is 3.18. The van der Waals surface area contributed by atoms with E-state index in [9.17, 15) is 0 Å². The average Bonchev–Trinajstić information content (AvgIpc) is 2.50. The first kappa shape index (κ1) is 7.69. The van der Waals surface area contributed by atoms with E-state index in [-0.39, 0.29) is 0 Å². The number of rotatable bonds is 1. The van der Waals surface area contributed by atoms with Gasteiger partial charge in [-0.05, 0) is 30.2 Å². The van der Waals surface area contributed by atoms with Gasteiger partial charge in [-0.3, -0.25) is 0 Å². The van der Waals surface area contributed by atoms with E-state index in [4.69, 9.17) is 11.6 Å². The van der Waals surface area contributed by atoms with E-state index in [0.717, 1.165) is 0 Å². The average molecular weight is 180 g/mol. The summed E-state index contributed by atoms with van der Waals surface area (Å²) in [7, 11) is 0. The van der Waals surface area contributed by atoms with Gasteiger partial charge in [-0.25, -0.2) is 0 Å². The summed E-state index contributed by atoms with van der Waals surface area (Å²) in [6.45, 7) is 2.08. The second kappa shape index (κ2) is 2.83. The van der Waals surface area contributed by atoms with E-state index in [0.29, 0.717) is 5.88 Å². The van der Waals surface area contributed by atoms with Crippen molar-refractivity contribution in [1.82, 2.24) is 4.98 Å². The summed E-state index contributed by atoms with van der Waals surface area (Å²) in [5.74, 6) is 0.579. The van der Waals surface area contributed by atoms with Crippen LogP contribution >= 0.6 is 11.6 Å². The quantitative estimate of drug-likeness (QED) is 0.647. The van der Waals surface area contributed by atoms with E-state index in [1.54, 1.807) is 0 Å². The first-order valence-electron chi connectivity index (χ1n) is 3.94. The predicted molar refractivity (Wildman–Crippen MR) is 52.6 cm³/mol. The van der Waals surface area contributed by atoms with Gasteiger partial charge < -0.3 is 4.98 Å². The van der Waals surface area contributed by atoms with Crippen LogP contribution in [0.5, 0.6) is 0 Å². The number of H-pyrrole nitrogens is 1. The normalized spacial score (nSPS) is 10.8. The third-order valence-corrected chi connectivity index (χ3v) is 2.33. The van der Waals surface area contributed by atoms with Gasteiger partial charge in [0.05, 0.1) is 0 Å². The van der Waals surface area contributed by atoms with Crippen LogP contribution in [0.3, 0.4) is 0 Å². The highest BCUT2D eigenvalue weighted by molar-refractivity contribution is 6.18. The molecular formula is C10H10ClN. The van der Waals surface area contributed by atoms with Gasteiger partial charge in [-0.2, -0.15) is 0 Å². The molecule has 0 aliphatic carbocycles. The fraction of sp³-hybridized carbons (Fsp3) is 0.200. The molecule has 0 unspecified atom stereocenters. The van der Waals surface area contributed by atoms with Gasteiger partial charge in [0.1, 0.15) is 0 Å². The molecule has 1 aromatic heterocycles. The summed E-state index contributed by atoms with van der Waals surface area (Å²) in [5, 5.41) is 1.23. The molecule has 0 radical (unpaired) electrons. The van der Waals surface area contributed by atoms with E-state index in [1.807, 2.05) is 6.20 Å². The lowest BCUT2D eigenvalue weighted by atomic mass is 10.1. The van der Waals surface area contributed by atoms with Crippen molar-refractivity contribution < 1.29 is 0 Å². The highest BCUT2D eigenvalue weighted by atomic mass is 35.5. The van der Waals surface area contributed by atoms with Crippen LogP contribution < -0.4 is 0 Å². The van der Waals surface area contributed by atoms with Crippen molar-refractivity contribution in [2.24, 2.45) is 0 Å². The Morgan fingerprint density at radius 1 is 1.42 bits per heavy atom. The number of halogens is 1. The fourth-order valence-electron chi connectivity index (χ4n) is 1.51. The molecule has 0 atom stereocenters. The van der Waals surface area contributed by atoms with Crippen molar-refractivity contribution in [3.8, 4) is 0 Å². The van der Waals surface area contributed by atoms with Crippen LogP contribution in [0.2, 0.25) is 0 Å². The monoisotopic (exact) mass is 179 g/mol. The smallest absolute Gasteiger partial charge is 0.0480 e. The number of benzene rings is 1. The minimum Gasteiger partial charge on any atom is -0.361 e. The standard InChI is InChI=1S/C10H10ClN/c1-7-4-8(6-11)9-2-3-12-10(9)5-7/h2-5,12H,6H2,1H3. The number of aryl methyl sites for hydroxylation is 1. The number of hydrogen-bond acceptors (Lipinski definition) is 0. The van der Waals surface area contributed by atoms with Crippen LogP contribution in [0.1, 0.15) is 11.1 Å². The Kier molecular flexibility index (Phi) is 1.81. The Morgan fingerprint density at radius 3 is 3.00 bits per heavy atom. The van der Waals surface area contributed by atoms with Crippen LogP contribution in [-0.4, -0.2) is 4.98 Å². The van der Waals surface area contributed by atoms with Crippen molar-refractivity contribution in [1.29, 1.82) is 0 Å². The summed E-state index contributed by atoms with van der Waals surface area (Å²) in [5.41, 5.74) is 3.62. The zero-order chi connectivity index (χ0) is 8.55. The van der Waals surface area contributed by atoms with Crippen LogP contribution in [0.15, 0.2) is 24.4 Å². The van der Waals surface area contributed by atoms with E-state index in [1.165, 1.54) is 22.0 Å². The number of fused-ring (bicyclic) bond motifs is 1. The fourth-order valence-corrected chi connectivity index (χ4v) is 1.74. The Labute approximate surface area is 76.4 Å². The summed E-state index contributed by atoms with van der Waals surface area (Å²) < 4.78 is 0. The lowest BCUT2D eigenvalue weighted by Crippen LogP contribution is -1.81. The molecule has 0 bridgehead atoms. The summed E-state index contributed by atoms with van der Waals surface area (Å²) >= 11 is 5.82. The number of nitrogens with one attached hydrogen (secondary N) is 1. The maximum absolute atomic E-state index is 5.82. The third kappa shape index (κ3) is 1.10. The van der Waals surface area contributed by atoms with Crippen molar-refractivity contribution in [2.45, 2.75) is 12.8 Å². The zero-order valence-corrected chi connectivity index (χ0v) is 7.65. The lowest BCUT2D eigenvalue weighted by molar-refractivity contribution is 1.38. The van der Waals surface area contributed by atoms with Gasteiger partial charge >= 0.3 is 0 Å². The second-order valence-corrected chi connectivity index (χ2v) is 3.26. The van der Waals surface area contributed by atoms with Gasteiger partial charge in [-0.15, -0.1) is 11.6 Å². The Morgan fingerprint density at radius 2 is 2.25 bits per heavy atom. The SMILES string of the molecule is Cc1cc(CCl)c2cc[nH]c2c1. The molecule has 1 nitrogen and oxygen atoms in total. The molecular weight excluding hydrogens is 170 g/mol. The molecule has 0 aliphatic rings. The van der Waals surface area contributed by atoms with Crippen LogP contribution in [0, 0.1) is 6.92 Å². The molecule has 2 aromatic rings. The molecule has 0 fully saturated rings. The predicted octanol–water partition coefficient (Wildman–Crippen LogP) is 3.22. The number of hydrogen-bond donors (Lipinski definition) is 1.